The third-order valence-electron chi connectivity index (χ3n) is 9.83. The van der Waals surface area contributed by atoms with E-state index in [1.54, 1.807) is 6.08 Å². The van der Waals surface area contributed by atoms with Gasteiger partial charge in [-0.05, 0) is 61.4 Å². The highest BCUT2D eigenvalue weighted by Gasteiger charge is 2.44. The molecule has 0 bridgehead atoms. The quantitative estimate of drug-likeness (QED) is 0.0742. The molecule has 8 heteroatoms. The number of hydrogen-bond acceptors (Lipinski definition) is 5. The Morgan fingerprint density at radius 2 is 1.28 bits per heavy atom. The maximum absolute atomic E-state index is 12.0. The summed E-state index contributed by atoms with van der Waals surface area (Å²) in [6, 6.07) is 0. The lowest BCUT2D eigenvalue weighted by Crippen LogP contribution is -2.50. The first kappa shape index (κ1) is 41.5. The van der Waals surface area contributed by atoms with Crippen LogP contribution in [-0.4, -0.2) is 47.3 Å². The Balaban J connectivity index is 6.49. The number of carbonyl (C=O) groups excluding carboxylic acids is 2. The number of nitrogens with two attached hydrogens (primary N) is 1. The van der Waals surface area contributed by atoms with Gasteiger partial charge in [0.1, 0.15) is 12.4 Å². The Kier molecular flexibility index (Phi) is 16.1. The lowest BCUT2D eigenvalue weighted by molar-refractivity contribution is -0.113. The molecule has 0 heterocycles. The summed E-state index contributed by atoms with van der Waals surface area (Å²) in [5, 5.41) is 0.0601. The van der Waals surface area contributed by atoms with Gasteiger partial charge in [0.2, 0.25) is 0 Å². The van der Waals surface area contributed by atoms with Gasteiger partial charge < -0.3 is 24.1 Å². The van der Waals surface area contributed by atoms with Gasteiger partial charge in [0.25, 0.3) is 0 Å². The van der Waals surface area contributed by atoms with Crippen LogP contribution < -0.4 is 5.73 Å². The largest absolute Gasteiger partial charge is 0.445 e. The van der Waals surface area contributed by atoms with Crippen LogP contribution in [0.1, 0.15) is 89.5 Å². The number of primary amides is 1. The maximum Gasteiger partial charge on any atom is 0.404 e. The second-order valence-corrected chi connectivity index (χ2v) is 25.5. The van der Waals surface area contributed by atoms with Crippen LogP contribution in [0.3, 0.4) is 0 Å². The predicted octanol–water partition coefficient (Wildman–Crippen LogP) is 9.69. The van der Waals surface area contributed by atoms with E-state index in [0.29, 0.717) is 0 Å². The SMILES string of the molecule is C=C/C=C\[C@H](C)[C@H](OC(N)=O)[C@@H](C)[C@H](O[Si](C)(C)C(C)(C)C)[C@@H](C)C/C(C)=C\[C@H](C)[C@@H](O[Si](C)(C)C(C)(C)C)[C@@H](C)C=O. The first-order chi connectivity index (χ1) is 19.3. The molecule has 250 valence electrons. The molecule has 0 aromatic rings. The molecule has 43 heavy (non-hydrogen) atoms. The third-order valence-corrected chi connectivity index (χ3v) is 18.8. The summed E-state index contributed by atoms with van der Waals surface area (Å²) >= 11 is 0. The summed E-state index contributed by atoms with van der Waals surface area (Å²) in [4.78, 5) is 23.9. The summed E-state index contributed by atoms with van der Waals surface area (Å²) in [5.74, 6) is -0.208. The monoisotopic (exact) mass is 637 g/mol. The van der Waals surface area contributed by atoms with E-state index in [9.17, 15) is 9.59 Å². The number of amides is 1. The summed E-state index contributed by atoms with van der Waals surface area (Å²) in [6.45, 7) is 38.8. The molecule has 1 amide bonds. The van der Waals surface area contributed by atoms with Gasteiger partial charge in [0, 0.05) is 17.8 Å². The Hall–Kier alpha value is -1.49. The average molecular weight is 638 g/mol. The van der Waals surface area contributed by atoms with Crippen molar-refractivity contribution in [2.45, 2.75) is 144 Å². The van der Waals surface area contributed by atoms with Gasteiger partial charge in [-0.15, -0.1) is 0 Å². The molecule has 6 nitrogen and oxygen atoms in total. The van der Waals surface area contributed by atoms with Gasteiger partial charge in [-0.1, -0.05) is 113 Å². The summed E-state index contributed by atoms with van der Waals surface area (Å²) in [6.07, 6.45) is 8.09. The van der Waals surface area contributed by atoms with E-state index >= 15 is 0 Å². The lowest BCUT2D eigenvalue weighted by Gasteiger charge is -2.45. The summed E-state index contributed by atoms with van der Waals surface area (Å²) < 4.78 is 19.7. The molecule has 0 saturated heterocycles. The molecule has 2 N–H and O–H groups in total. The van der Waals surface area contributed by atoms with E-state index in [0.717, 1.165) is 12.7 Å². The van der Waals surface area contributed by atoms with Crippen molar-refractivity contribution in [3.05, 3.63) is 36.5 Å². The molecule has 0 unspecified atom stereocenters. The first-order valence-electron chi connectivity index (χ1n) is 16.1. The van der Waals surface area contributed by atoms with Crippen LogP contribution in [0.25, 0.3) is 0 Å². The summed E-state index contributed by atoms with van der Waals surface area (Å²) in [7, 11) is -4.27. The predicted molar refractivity (Wildman–Crippen MR) is 188 cm³/mol. The van der Waals surface area contributed by atoms with Crippen LogP contribution in [0.15, 0.2) is 36.5 Å². The zero-order valence-corrected chi connectivity index (χ0v) is 32.5. The van der Waals surface area contributed by atoms with Gasteiger partial charge >= 0.3 is 6.09 Å². The van der Waals surface area contributed by atoms with Gasteiger partial charge in [0.15, 0.2) is 16.6 Å². The minimum Gasteiger partial charge on any atom is -0.445 e. The molecular formula is C35H67NO5Si2. The number of hydrogen-bond donors (Lipinski definition) is 1. The highest BCUT2D eigenvalue weighted by atomic mass is 28.4. The lowest BCUT2D eigenvalue weighted by atomic mass is 9.81. The molecule has 0 rings (SSSR count). The van der Waals surface area contributed by atoms with Crippen LogP contribution in [0.2, 0.25) is 36.3 Å². The van der Waals surface area contributed by atoms with Crippen LogP contribution >= 0.6 is 0 Å². The number of rotatable bonds is 17. The number of aldehydes is 1. The zero-order chi connectivity index (χ0) is 34.1. The van der Waals surface area contributed by atoms with Gasteiger partial charge in [0.05, 0.1) is 12.2 Å². The minimum absolute atomic E-state index is 0.0117. The molecule has 0 saturated carbocycles. The van der Waals surface area contributed by atoms with Crippen LogP contribution in [0.5, 0.6) is 0 Å². The van der Waals surface area contributed by atoms with E-state index in [4.69, 9.17) is 19.3 Å². The zero-order valence-electron chi connectivity index (χ0n) is 30.5. The molecule has 0 radical (unpaired) electrons. The molecule has 0 aliphatic rings. The molecule has 0 aromatic heterocycles. The topological polar surface area (TPSA) is 87.8 Å². The maximum atomic E-state index is 12.0. The number of allylic oxidation sites excluding steroid dienone is 3. The van der Waals surface area contributed by atoms with Crippen LogP contribution in [0, 0.1) is 29.6 Å². The van der Waals surface area contributed by atoms with E-state index in [-0.39, 0.29) is 51.9 Å². The van der Waals surface area contributed by atoms with Crippen molar-refractivity contribution in [2.24, 2.45) is 35.3 Å². The van der Waals surface area contributed by atoms with Crippen molar-refractivity contribution in [3.8, 4) is 0 Å². The highest BCUT2D eigenvalue weighted by molar-refractivity contribution is 6.74. The Morgan fingerprint density at radius 1 is 0.814 bits per heavy atom. The van der Waals surface area contributed by atoms with Crippen molar-refractivity contribution >= 4 is 29.0 Å². The molecule has 8 atom stereocenters. The van der Waals surface area contributed by atoms with E-state index < -0.39 is 28.8 Å². The molecule has 0 aliphatic heterocycles. The van der Waals surface area contributed by atoms with Gasteiger partial charge in [-0.25, -0.2) is 4.79 Å². The van der Waals surface area contributed by atoms with Crippen LogP contribution in [-0.2, 0) is 18.4 Å². The number of carbonyl (C=O) groups is 2. The van der Waals surface area contributed by atoms with Crippen LogP contribution in [0.4, 0.5) is 4.79 Å². The Labute approximate surface area is 267 Å². The van der Waals surface area contributed by atoms with Crippen molar-refractivity contribution in [1.29, 1.82) is 0 Å². The van der Waals surface area contributed by atoms with E-state index in [2.05, 4.69) is 108 Å². The minimum atomic E-state index is -2.18. The fourth-order valence-corrected chi connectivity index (χ4v) is 8.10. The van der Waals surface area contributed by atoms with E-state index in [1.807, 2.05) is 26.0 Å². The molecule has 0 fully saturated rings. The van der Waals surface area contributed by atoms with Crippen molar-refractivity contribution in [1.82, 2.24) is 0 Å². The van der Waals surface area contributed by atoms with Crippen molar-refractivity contribution < 1.29 is 23.2 Å². The second-order valence-electron chi connectivity index (χ2n) is 16.0. The summed E-state index contributed by atoms with van der Waals surface area (Å²) in [5.41, 5.74) is 6.79. The number of ether oxygens (including phenoxy) is 1. The molecule has 0 spiro atoms. The molecule has 0 aromatic carbocycles. The first-order valence-corrected chi connectivity index (χ1v) is 21.9. The second kappa shape index (κ2) is 16.7. The van der Waals surface area contributed by atoms with Gasteiger partial charge in [-0.2, -0.15) is 0 Å². The Bertz CT molecular complexity index is 960. The van der Waals surface area contributed by atoms with E-state index in [1.165, 1.54) is 5.57 Å². The average Bonchev–Trinajstić information content (AvgIpc) is 2.84. The van der Waals surface area contributed by atoms with Crippen molar-refractivity contribution in [3.63, 3.8) is 0 Å². The molecule has 0 aliphatic carbocycles. The fourth-order valence-electron chi connectivity index (χ4n) is 5.16. The highest BCUT2D eigenvalue weighted by Crippen LogP contribution is 2.42. The smallest absolute Gasteiger partial charge is 0.404 e. The molecular weight excluding hydrogens is 571 g/mol. The normalized spacial score (nSPS) is 19.6. The standard InChI is InChI=1S/C35H67NO5Si2/c1-18-19-20-25(3)31(39-33(36)38)29(7)32(41-43(16,17)35(11,12)13)27(5)22-24(2)21-26(4)30(28(6)23-37)40-42(14,15)34(8,9)10/h18-21,23,25-32H,1,22H2,2-17H3,(H2,36,38)/b20-19-,24-21-/t25-,26-,27-,28-,29+,30+,31-,32+/m0/s1. The van der Waals surface area contributed by atoms with Gasteiger partial charge in [-0.3, -0.25) is 0 Å². The third kappa shape index (κ3) is 12.8. The Morgan fingerprint density at radius 3 is 1.67 bits per heavy atom. The fraction of sp³-hybridized carbons (Fsp3) is 0.771. The van der Waals surface area contributed by atoms with Crippen molar-refractivity contribution in [2.75, 3.05) is 0 Å².